The van der Waals surface area contributed by atoms with Crippen LogP contribution < -0.4 is 4.57 Å². The molecule has 12 heteroatoms. The van der Waals surface area contributed by atoms with Crippen LogP contribution >= 0.6 is 0 Å². The Morgan fingerprint density at radius 2 is 1.65 bits per heavy atom. The van der Waals surface area contributed by atoms with E-state index < -0.39 is 40.6 Å². The van der Waals surface area contributed by atoms with Crippen molar-refractivity contribution in [3.8, 4) is 11.4 Å². The standard InChI is InChI=1S/C25H18F7N5/c26-19-4-2-1-3-17(19)23-35-21-9-10-37(13-22(21)36-23)12-15(33)6-8-20(34)16-7-5-14(24(27,28)29)11-18(16)25(30,31)32/h1-5,7,9-11,13,33-34H,6,8,12H2/p+1. The van der Waals surface area contributed by atoms with E-state index in [-0.39, 0.29) is 36.7 Å². The normalized spacial score (nSPS) is 12.2. The minimum Gasteiger partial charge on any atom is -0.333 e. The number of nitrogens with one attached hydrogen (secondary N) is 3. The van der Waals surface area contributed by atoms with Gasteiger partial charge in [-0.05, 0) is 37.1 Å². The zero-order valence-electron chi connectivity index (χ0n) is 18.9. The van der Waals surface area contributed by atoms with Crippen LogP contribution in [0.4, 0.5) is 30.7 Å². The fourth-order valence-corrected chi connectivity index (χ4v) is 3.81. The fraction of sp³-hybridized carbons (Fsp3) is 0.200. The minimum atomic E-state index is -5.08. The smallest absolute Gasteiger partial charge is 0.333 e. The maximum absolute atomic E-state index is 14.1. The van der Waals surface area contributed by atoms with Crippen LogP contribution in [0.15, 0.2) is 60.9 Å². The van der Waals surface area contributed by atoms with Gasteiger partial charge in [-0.25, -0.2) is 9.37 Å². The van der Waals surface area contributed by atoms with Gasteiger partial charge in [-0.1, -0.05) is 18.2 Å². The highest BCUT2D eigenvalue weighted by atomic mass is 19.4. The number of pyridine rings is 1. The monoisotopic (exact) mass is 522 g/mol. The van der Waals surface area contributed by atoms with Gasteiger partial charge in [-0.2, -0.15) is 30.9 Å². The summed E-state index contributed by atoms with van der Waals surface area (Å²) in [7, 11) is 0. The number of hydrogen-bond acceptors (Lipinski definition) is 3. The minimum absolute atomic E-state index is 0.000230. The molecule has 0 unspecified atom stereocenters. The maximum atomic E-state index is 14.1. The molecule has 37 heavy (non-hydrogen) atoms. The Labute approximate surface area is 205 Å². The van der Waals surface area contributed by atoms with Crippen molar-refractivity contribution >= 4 is 22.5 Å². The number of alkyl halides is 6. The summed E-state index contributed by atoms with van der Waals surface area (Å²) >= 11 is 0. The molecule has 3 N–H and O–H groups in total. The number of nitrogens with zero attached hydrogens (tertiary/aromatic N) is 2. The average Bonchev–Trinajstić information content (AvgIpc) is 3.24. The van der Waals surface area contributed by atoms with Gasteiger partial charge in [0.15, 0.2) is 18.9 Å². The quantitative estimate of drug-likeness (QED) is 0.143. The Hall–Kier alpha value is -4.09. The summed E-state index contributed by atoms with van der Waals surface area (Å²) in [6, 6.07) is 8.93. The van der Waals surface area contributed by atoms with E-state index in [4.69, 9.17) is 10.8 Å². The van der Waals surface area contributed by atoms with Crippen LogP contribution in [-0.2, 0) is 18.9 Å². The van der Waals surface area contributed by atoms with Gasteiger partial charge in [0, 0.05) is 17.3 Å². The number of imidazole rings is 1. The Morgan fingerprint density at radius 3 is 2.32 bits per heavy atom. The molecule has 0 bridgehead atoms. The predicted molar refractivity (Wildman–Crippen MR) is 122 cm³/mol. The van der Waals surface area contributed by atoms with Crippen molar-refractivity contribution in [3.63, 3.8) is 0 Å². The number of H-pyrrole nitrogens is 1. The molecule has 4 rings (SSSR count). The van der Waals surface area contributed by atoms with E-state index in [1.165, 1.54) is 6.07 Å². The molecular weight excluding hydrogens is 503 g/mol. The van der Waals surface area contributed by atoms with Gasteiger partial charge >= 0.3 is 12.4 Å². The number of rotatable bonds is 7. The predicted octanol–water partition coefficient (Wildman–Crippen LogP) is 6.56. The van der Waals surface area contributed by atoms with Gasteiger partial charge in [0.1, 0.15) is 22.7 Å². The van der Waals surface area contributed by atoms with Crippen LogP contribution in [-0.4, -0.2) is 21.4 Å². The second kappa shape index (κ2) is 9.75. The molecule has 192 valence electrons. The maximum Gasteiger partial charge on any atom is 0.417 e. The highest BCUT2D eigenvalue weighted by Gasteiger charge is 2.38. The number of benzene rings is 2. The van der Waals surface area contributed by atoms with Gasteiger partial charge in [-0.3, -0.25) is 0 Å². The van der Waals surface area contributed by atoms with E-state index >= 15 is 0 Å². The molecule has 0 spiro atoms. The second-order valence-electron chi connectivity index (χ2n) is 8.32. The zero-order chi connectivity index (χ0) is 27.0. The van der Waals surface area contributed by atoms with Gasteiger partial charge in [0.25, 0.3) is 0 Å². The van der Waals surface area contributed by atoms with Crippen molar-refractivity contribution in [2.75, 3.05) is 0 Å². The highest BCUT2D eigenvalue weighted by molar-refractivity contribution is 6.01. The second-order valence-corrected chi connectivity index (χ2v) is 8.32. The number of halogens is 7. The lowest BCUT2D eigenvalue weighted by molar-refractivity contribution is -0.681. The van der Waals surface area contributed by atoms with E-state index in [2.05, 4.69) is 9.97 Å². The molecule has 0 atom stereocenters. The zero-order valence-corrected chi connectivity index (χ0v) is 18.9. The molecule has 0 aliphatic heterocycles. The van der Waals surface area contributed by atoms with E-state index in [1.54, 1.807) is 41.2 Å². The number of fused-ring (bicyclic) bond motifs is 1. The molecule has 0 aliphatic rings. The summed E-state index contributed by atoms with van der Waals surface area (Å²) in [5, 5.41) is 16.2. The van der Waals surface area contributed by atoms with Crippen molar-refractivity contribution in [3.05, 3.63) is 83.4 Å². The van der Waals surface area contributed by atoms with Crippen molar-refractivity contribution in [1.29, 1.82) is 10.8 Å². The van der Waals surface area contributed by atoms with Crippen molar-refractivity contribution in [2.24, 2.45) is 0 Å². The SMILES string of the molecule is N=C(CCC(=N)c1ccc(C(F)(F)F)cc1C(F)(F)F)C[n+]1ccc2nc(-c3ccccc3F)[nH]c2c1. The van der Waals surface area contributed by atoms with Gasteiger partial charge in [-0.15, -0.1) is 0 Å². The highest BCUT2D eigenvalue weighted by Crippen LogP contribution is 2.37. The Morgan fingerprint density at radius 1 is 0.919 bits per heavy atom. The summed E-state index contributed by atoms with van der Waals surface area (Å²) in [5.41, 5.74) is -2.65. The third-order valence-electron chi connectivity index (χ3n) is 5.64. The van der Waals surface area contributed by atoms with E-state index in [1.807, 2.05) is 0 Å². The molecule has 2 aromatic heterocycles. The lowest BCUT2D eigenvalue weighted by atomic mass is 9.96. The molecule has 0 radical (unpaired) electrons. The molecule has 2 heterocycles. The first-order valence-corrected chi connectivity index (χ1v) is 10.9. The summed E-state index contributed by atoms with van der Waals surface area (Å²) in [6.45, 7) is 0.0520. The number of hydrogen-bond donors (Lipinski definition) is 3. The van der Waals surface area contributed by atoms with Crippen molar-refractivity contribution < 1.29 is 35.3 Å². The van der Waals surface area contributed by atoms with Crippen molar-refractivity contribution in [2.45, 2.75) is 31.7 Å². The first kappa shape index (κ1) is 26.0. The van der Waals surface area contributed by atoms with Crippen LogP contribution in [0.1, 0.15) is 29.5 Å². The third kappa shape index (κ3) is 5.84. The largest absolute Gasteiger partial charge is 0.417 e. The molecule has 5 nitrogen and oxygen atoms in total. The number of aromatic amines is 1. The van der Waals surface area contributed by atoms with Crippen molar-refractivity contribution in [1.82, 2.24) is 9.97 Å². The molecule has 0 aliphatic carbocycles. The van der Waals surface area contributed by atoms with Crippen LogP contribution in [0.3, 0.4) is 0 Å². The number of aromatic nitrogens is 3. The molecule has 0 saturated carbocycles. The van der Waals surface area contributed by atoms with Gasteiger partial charge < -0.3 is 15.8 Å². The average molecular weight is 522 g/mol. The van der Waals surface area contributed by atoms with E-state index in [0.717, 1.165) is 0 Å². The van der Waals surface area contributed by atoms with Crippen LogP contribution in [0.5, 0.6) is 0 Å². The fourth-order valence-electron chi connectivity index (χ4n) is 3.81. The Bertz CT molecular complexity index is 1490. The van der Waals surface area contributed by atoms with Gasteiger partial charge in [0.2, 0.25) is 0 Å². The lowest BCUT2D eigenvalue weighted by Gasteiger charge is -2.16. The van der Waals surface area contributed by atoms with Crippen LogP contribution in [0.25, 0.3) is 22.4 Å². The topological polar surface area (TPSA) is 80.3 Å². The molecule has 0 saturated heterocycles. The Balaban J connectivity index is 1.45. The molecule has 0 amide bonds. The Kier molecular flexibility index (Phi) is 6.85. The van der Waals surface area contributed by atoms with E-state index in [9.17, 15) is 30.7 Å². The third-order valence-corrected chi connectivity index (χ3v) is 5.64. The first-order chi connectivity index (χ1) is 17.3. The molecular formula is C25H19F7N5+. The van der Waals surface area contributed by atoms with E-state index in [0.29, 0.717) is 29.0 Å². The molecule has 2 aromatic carbocycles. The summed E-state index contributed by atoms with van der Waals surface area (Å²) in [4.78, 5) is 7.36. The van der Waals surface area contributed by atoms with Crippen LogP contribution in [0, 0.1) is 16.6 Å². The molecule has 0 fully saturated rings. The lowest BCUT2D eigenvalue weighted by Crippen LogP contribution is -2.37. The van der Waals surface area contributed by atoms with Gasteiger partial charge in [0.05, 0.1) is 22.4 Å². The summed E-state index contributed by atoms with van der Waals surface area (Å²) < 4.78 is 94.5. The first-order valence-electron chi connectivity index (χ1n) is 10.9. The summed E-state index contributed by atoms with van der Waals surface area (Å²) in [5.74, 6) is -0.119. The molecule has 4 aromatic rings. The van der Waals surface area contributed by atoms with Crippen LogP contribution in [0.2, 0.25) is 0 Å². The summed E-state index contributed by atoms with van der Waals surface area (Å²) in [6.07, 6.45) is -7.10.